The molecule has 0 saturated heterocycles. The average molecular weight is 593 g/mol. The maximum atomic E-state index is 12.1. The fourth-order valence-corrected chi connectivity index (χ4v) is 5.23. The molecule has 0 radical (unpaired) electrons. The van der Waals surface area contributed by atoms with E-state index in [0.29, 0.717) is 22.6 Å². The molecule has 0 N–H and O–H groups in total. The van der Waals surface area contributed by atoms with E-state index in [-0.39, 0.29) is 0 Å². The van der Waals surface area contributed by atoms with E-state index in [9.17, 15) is 9.59 Å². The maximum absolute atomic E-state index is 12.1. The highest BCUT2D eigenvalue weighted by Crippen LogP contribution is 2.40. The quantitative estimate of drug-likeness (QED) is 0.100. The number of carbonyl (C=O) groups is 2. The number of ether oxygens (including phenoxy) is 2. The molecule has 5 aromatic carbocycles. The summed E-state index contributed by atoms with van der Waals surface area (Å²) in [5, 5.41) is 2.24. The van der Waals surface area contributed by atoms with E-state index in [1.807, 2.05) is 24.3 Å². The highest BCUT2D eigenvalue weighted by Gasteiger charge is 2.18. The highest BCUT2D eigenvalue weighted by atomic mass is 16.5. The van der Waals surface area contributed by atoms with Crippen LogP contribution >= 0.6 is 0 Å². The maximum Gasteiger partial charge on any atom is 0.338 e. The minimum Gasteiger partial charge on any atom is -0.423 e. The zero-order valence-corrected chi connectivity index (χ0v) is 25.4. The van der Waals surface area contributed by atoms with Gasteiger partial charge in [0.15, 0.2) is 0 Å². The summed E-state index contributed by atoms with van der Waals surface area (Å²) < 4.78 is 13.2. The molecule has 0 aliphatic rings. The largest absolute Gasteiger partial charge is 0.423 e. The first-order valence-corrected chi connectivity index (χ1v) is 14.6. The standard InChI is InChI=1S/C39H32N2O4/c1-25(2)38(42)44-32-19-14-28(15-20-32)40(29-16-21-33(22-17-29)45-39(43)26(3)4)31-18-23-37-35(24-31)34-8-6-7-9-36(34)41(37)30-12-10-27(5)11-13-30/h6-24H,1,3H2,2,4-5H3. The highest BCUT2D eigenvalue weighted by molar-refractivity contribution is 6.10. The van der Waals surface area contributed by atoms with Gasteiger partial charge in [-0.05, 0) is 106 Å². The number of para-hydroxylation sites is 1. The van der Waals surface area contributed by atoms with Gasteiger partial charge in [0.2, 0.25) is 0 Å². The van der Waals surface area contributed by atoms with E-state index in [0.717, 1.165) is 44.6 Å². The van der Waals surface area contributed by atoms with Gasteiger partial charge in [-0.25, -0.2) is 9.59 Å². The molecule has 1 aromatic heterocycles. The third-order valence-corrected chi connectivity index (χ3v) is 7.51. The third-order valence-electron chi connectivity index (χ3n) is 7.51. The minimum absolute atomic E-state index is 0.325. The number of benzene rings is 5. The number of hydrogen-bond donors (Lipinski definition) is 0. The summed E-state index contributed by atoms with van der Waals surface area (Å²) in [4.78, 5) is 26.3. The molecule has 6 rings (SSSR count). The Kier molecular flexibility index (Phi) is 7.80. The van der Waals surface area contributed by atoms with Crippen molar-refractivity contribution in [1.29, 1.82) is 0 Å². The summed E-state index contributed by atoms with van der Waals surface area (Å²) in [6.45, 7) is 12.6. The predicted octanol–water partition coefficient (Wildman–Crippen LogP) is 9.52. The van der Waals surface area contributed by atoms with E-state index in [1.165, 1.54) is 5.56 Å². The Morgan fingerprint density at radius 2 is 1.09 bits per heavy atom. The Hall–Kier alpha value is -5.88. The molecular formula is C39H32N2O4. The summed E-state index contributed by atoms with van der Waals surface area (Å²) in [6.07, 6.45) is 0. The summed E-state index contributed by atoms with van der Waals surface area (Å²) in [7, 11) is 0. The average Bonchev–Trinajstić information content (AvgIpc) is 3.37. The second-order valence-corrected chi connectivity index (χ2v) is 11.1. The van der Waals surface area contributed by atoms with Gasteiger partial charge in [-0.3, -0.25) is 0 Å². The molecule has 6 heteroatoms. The lowest BCUT2D eigenvalue weighted by molar-refractivity contribution is -0.130. The molecule has 0 aliphatic heterocycles. The topological polar surface area (TPSA) is 60.8 Å². The fourth-order valence-electron chi connectivity index (χ4n) is 5.23. The summed E-state index contributed by atoms with van der Waals surface area (Å²) >= 11 is 0. The second-order valence-electron chi connectivity index (χ2n) is 11.1. The zero-order valence-electron chi connectivity index (χ0n) is 25.4. The van der Waals surface area contributed by atoms with Crippen molar-refractivity contribution >= 4 is 50.8 Å². The monoisotopic (exact) mass is 592 g/mol. The molecule has 6 nitrogen and oxygen atoms in total. The van der Waals surface area contributed by atoms with E-state index in [1.54, 1.807) is 38.1 Å². The molecule has 45 heavy (non-hydrogen) atoms. The van der Waals surface area contributed by atoms with Crippen LogP contribution in [0.1, 0.15) is 19.4 Å². The van der Waals surface area contributed by atoms with Gasteiger partial charge in [0, 0.05) is 44.7 Å². The van der Waals surface area contributed by atoms with Gasteiger partial charge < -0.3 is 18.9 Å². The molecule has 1 heterocycles. The zero-order chi connectivity index (χ0) is 31.7. The summed E-state index contributed by atoms with van der Waals surface area (Å²) in [5.74, 6) is -0.111. The van der Waals surface area contributed by atoms with Gasteiger partial charge in [0.1, 0.15) is 11.5 Å². The Morgan fingerprint density at radius 1 is 0.600 bits per heavy atom. The first-order valence-electron chi connectivity index (χ1n) is 14.6. The van der Waals surface area contributed by atoms with Crippen molar-refractivity contribution in [3.8, 4) is 17.2 Å². The lowest BCUT2D eigenvalue weighted by atomic mass is 10.1. The first kappa shape index (κ1) is 29.2. The van der Waals surface area contributed by atoms with Crippen molar-refractivity contribution in [3.63, 3.8) is 0 Å². The lowest BCUT2D eigenvalue weighted by Gasteiger charge is -2.26. The normalized spacial score (nSPS) is 10.9. The Bertz CT molecular complexity index is 2020. The van der Waals surface area contributed by atoms with Crippen molar-refractivity contribution in [1.82, 2.24) is 4.57 Å². The molecule has 222 valence electrons. The second kappa shape index (κ2) is 12.0. The van der Waals surface area contributed by atoms with Crippen LogP contribution in [0.2, 0.25) is 0 Å². The van der Waals surface area contributed by atoms with Crippen LogP contribution in [0.3, 0.4) is 0 Å². The predicted molar refractivity (Wildman–Crippen MR) is 181 cm³/mol. The van der Waals surface area contributed by atoms with Crippen LogP contribution in [0.4, 0.5) is 17.1 Å². The number of fused-ring (bicyclic) bond motifs is 3. The van der Waals surface area contributed by atoms with E-state index >= 15 is 0 Å². The van der Waals surface area contributed by atoms with Crippen LogP contribution < -0.4 is 14.4 Å². The number of rotatable bonds is 8. The van der Waals surface area contributed by atoms with Crippen LogP contribution in [0.15, 0.2) is 140 Å². The molecule has 0 bridgehead atoms. The number of nitrogens with zero attached hydrogens (tertiary/aromatic N) is 2. The van der Waals surface area contributed by atoms with Crippen LogP contribution in [0.5, 0.6) is 11.5 Å². The van der Waals surface area contributed by atoms with Crippen molar-refractivity contribution in [2.75, 3.05) is 4.90 Å². The SMILES string of the molecule is C=C(C)C(=O)Oc1ccc(N(c2ccc(OC(=O)C(=C)C)cc2)c2ccc3c(c2)c2ccccc2n3-c2ccc(C)cc2)cc1. The third kappa shape index (κ3) is 5.86. The van der Waals surface area contributed by atoms with Crippen LogP contribution in [-0.2, 0) is 9.59 Å². The van der Waals surface area contributed by atoms with E-state index < -0.39 is 11.9 Å². The molecule has 0 spiro atoms. The van der Waals surface area contributed by atoms with Crippen LogP contribution in [-0.4, -0.2) is 16.5 Å². The summed E-state index contributed by atoms with van der Waals surface area (Å²) in [5.41, 5.74) is 7.77. The van der Waals surface area contributed by atoms with Gasteiger partial charge in [-0.1, -0.05) is 49.1 Å². The number of anilines is 3. The summed E-state index contributed by atoms with van der Waals surface area (Å²) in [6, 6.07) is 38.0. The van der Waals surface area contributed by atoms with Crippen LogP contribution in [0, 0.1) is 6.92 Å². The van der Waals surface area contributed by atoms with E-state index in [4.69, 9.17) is 9.47 Å². The number of aromatic nitrogens is 1. The minimum atomic E-state index is -0.477. The Morgan fingerprint density at radius 3 is 1.62 bits per heavy atom. The number of aryl methyl sites for hydroxylation is 1. The lowest BCUT2D eigenvalue weighted by Crippen LogP contribution is -2.11. The molecule has 0 saturated carbocycles. The number of carbonyl (C=O) groups excluding carboxylic acids is 2. The molecule has 0 amide bonds. The molecular weight excluding hydrogens is 560 g/mol. The Labute approximate surface area is 262 Å². The van der Waals surface area contributed by atoms with Gasteiger partial charge in [-0.15, -0.1) is 0 Å². The van der Waals surface area contributed by atoms with Crippen molar-refractivity contribution in [3.05, 3.63) is 145 Å². The number of esters is 2. The molecule has 6 aromatic rings. The van der Waals surface area contributed by atoms with Crippen molar-refractivity contribution < 1.29 is 19.1 Å². The smallest absolute Gasteiger partial charge is 0.338 e. The van der Waals surface area contributed by atoms with Crippen LogP contribution in [0.25, 0.3) is 27.5 Å². The van der Waals surface area contributed by atoms with Crippen molar-refractivity contribution in [2.24, 2.45) is 0 Å². The van der Waals surface area contributed by atoms with Crippen molar-refractivity contribution in [2.45, 2.75) is 20.8 Å². The molecule has 0 unspecified atom stereocenters. The van der Waals surface area contributed by atoms with E-state index in [2.05, 4.69) is 96.3 Å². The molecule has 0 aliphatic carbocycles. The molecule has 0 fully saturated rings. The molecule has 0 atom stereocenters. The van der Waals surface area contributed by atoms with Gasteiger partial charge in [0.25, 0.3) is 0 Å². The number of hydrogen-bond acceptors (Lipinski definition) is 5. The fraction of sp³-hybridized carbons (Fsp3) is 0.0769. The Balaban J connectivity index is 1.48. The van der Waals surface area contributed by atoms with Gasteiger partial charge >= 0.3 is 11.9 Å². The van der Waals surface area contributed by atoms with Gasteiger partial charge in [-0.2, -0.15) is 0 Å². The first-order chi connectivity index (χ1) is 21.7. The van der Waals surface area contributed by atoms with Gasteiger partial charge in [0.05, 0.1) is 11.0 Å².